The molecule has 3 atom stereocenters. The van der Waals surface area contributed by atoms with E-state index in [1.807, 2.05) is 0 Å². The third kappa shape index (κ3) is 3.97. The second-order valence-corrected chi connectivity index (χ2v) is 5.27. The second kappa shape index (κ2) is 6.77. The normalized spacial score (nSPS) is 26.0. The molecular formula is C13H16Cl2O4. The molecule has 106 valence electrons. The second-order valence-electron chi connectivity index (χ2n) is 4.39. The predicted octanol–water partition coefficient (Wildman–Crippen LogP) is 2.54. The van der Waals surface area contributed by atoms with Crippen molar-refractivity contribution in [1.29, 1.82) is 0 Å². The highest BCUT2D eigenvalue weighted by atomic mass is 35.5. The van der Waals surface area contributed by atoms with Crippen molar-refractivity contribution in [3.8, 4) is 5.75 Å². The first kappa shape index (κ1) is 14.9. The molecule has 1 saturated carbocycles. The van der Waals surface area contributed by atoms with Crippen LogP contribution in [0.4, 0.5) is 0 Å². The van der Waals surface area contributed by atoms with Crippen LogP contribution in [0.3, 0.4) is 0 Å². The SMILES string of the molecule is COCCOC1C(O)CC1Oc1cc(Cl)cc(Cl)c1. The molecule has 1 aliphatic carbocycles. The lowest BCUT2D eigenvalue weighted by Crippen LogP contribution is -2.55. The van der Waals surface area contributed by atoms with Crippen molar-refractivity contribution in [3.63, 3.8) is 0 Å². The number of ether oxygens (including phenoxy) is 3. The minimum atomic E-state index is -0.503. The van der Waals surface area contributed by atoms with Gasteiger partial charge in [-0.2, -0.15) is 0 Å². The minimum absolute atomic E-state index is 0.193. The molecule has 1 fully saturated rings. The van der Waals surface area contributed by atoms with Crippen molar-refractivity contribution in [2.24, 2.45) is 0 Å². The lowest BCUT2D eigenvalue weighted by Gasteiger charge is -2.40. The molecule has 4 nitrogen and oxygen atoms in total. The summed E-state index contributed by atoms with van der Waals surface area (Å²) in [6.45, 7) is 0.910. The zero-order chi connectivity index (χ0) is 13.8. The first-order chi connectivity index (χ1) is 9.10. The van der Waals surface area contributed by atoms with E-state index in [-0.39, 0.29) is 12.2 Å². The van der Waals surface area contributed by atoms with Crippen LogP contribution in [0.15, 0.2) is 18.2 Å². The number of aliphatic hydroxyl groups excluding tert-OH is 1. The lowest BCUT2D eigenvalue weighted by atomic mass is 9.88. The van der Waals surface area contributed by atoms with Crippen LogP contribution in [0.5, 0.6) is 5.75 Å². The Balaban J connectivity index is 1.91. The summed E-state index contributed by atoms with van der Waals surface area (Å²) in [5.41, 5.74) is 0. The van der Waals surface area contributed by atoms with Gasteiger partial charge in [-0.3, -0.25) is 0 Å². The Morgan fingerprint density at radius 3 is 2.47 bits per heavy atom. The van der Waals surface area contributed by atoms with Crippen molar-refractivity contribution in [1.82, 2.24) is 0 Å². The Hall–Kier alpha value is -0.520. The molecule has 0 radical (unpaired) electrons. The maximum atomic E-state index is 9.67. The number of rotatable bonds is 6. The van der Waals surface area contributed by atoms with E-state index in [0.717, 1.165) is 0 Å². The summed E-state index contributed by atoms with van der Waals surface area (Å²) in [6.07, 6.45) is -0.507. The van der Waals surface area contributed by atoms with Crippen LogP contribution in [0.1, 0.15) is 6.42 Å². The number of hydrogen-bond acceptors (Lipinski definition) is 4. The van der Waals surface area contributed by atoms with Gasteiger partial charge in [-0.15, -0.1) is 0 Å². The Bertz CT molecular complexity index is 407. The smallest absolute Gasteiger partial charge is 0.130 e. The van der Waals surface area contributed by atoms with E-state index in [1.165, 1.54) is 0 Å². The highest BCUT2D eigenvalue weighted by Crippen LogP contribution is 2.31. The van der Waals surface area contributed by atoms with Gasteiger partial charge in [-0.1, -0.05) is 23.2 Å². The van der Waals surface area contributed by atoms with E-state index in [1.54, 1.807) is 25.3 Å². The summed E-state index contributed by atoms with van der Waals surface area (Å²) >= 11 is 11.8. The summed E-state index contributed by atoms with van der Waals surface area (Å²) in [5, 5.41) is 10.7. The third-order valence-corrected chi connectivity index (χ3v) is 3.38. The van der Waals surface area contributed by atoms with Crippen LogP contribution >= 0.6 is 23.2 Å². The van der Waals surface area contributed by atoms with Gasteiger partial charge < -0.3 is 19.3 Å². The standard InChI is InChI=1S/C13H16Cl2O4/c1-17-2-3-18-13-11(16)7-12(13)19-10-5-8(14)4-9(15)6-10/h4-6,11-13,16H,2-3,7H2,1H3. The number of hydrogen-bond donors (Lipinski definition) is 1. The molecule has 2 rings (SSSR count). The topological polar surface area (TPSA) is 47.9 Å². The quantitative estimate of drug-likeness (QED) is 0.821. The van der Waals surface area contributed by atoms with Gasteiger partial charge in [-0.25, -0.2) is 0 Å². The Morgan fingerprint density at radius 1 is 1.21 bits per heavy atom. The van der Waals surface area contributed by atoms with Crippen molar-refractivity contribution in [2.45, 2.75) is 24.7 Å². The Labute approximate surface area is 122 Å². The molecule has 0 heterocycles. The Morgan fingerprint density at radius 2 is 1.89 bits per heavy atom. The van der Waals surface area contributed by atoms with E-state index in [4.69, 9.17) is 37.4 Å². The number of methoxy groups -OCH3 is 1. The van der Waals surface area contributed by atoms with Gasteiger partial charge in [0.15, 0.2) is 0 Å². The summed E-state index contributed by atoms with van der Waals surface area (Å²) in [4.78, 5) is 0. The molecule has 1 aromatic carbocycles. The van der Waals surface area contributed by atoms with E-state index in [0.29, 0.717) is 35.4 Å². The van der Waals surface area contributed by atoms with Crippen molar-refractivity contribution in [3.05, 3.63) is 28.2 Å². The largest absolute Gasteiger partial charge is 0.487 e. The molecule has 0 amide bonds. The van der Waals surface area contributed by atoms with Gasteiger partial charge in [0.05, 0.1) is 19.3 Å². The number of aliphatic hydroxyl groups is 1. The van der Waals surface area contributed by atoms with E-state index < -0.39 is 6.10 Å². The summed E-state index contributed by atoms with van der Waals surface area (Å²) < 4.78 is 16.1. The lowest BCUT2D eigenvalue weighted by molar-refractivity contribution is -0.167. The number of halogens is 2. The van der Waals surface area contributed by atoms with Crippen LogP contribution in [0.2, 0.25) is 10.0 Å². The zero-order valence-electron chi connectivity index (χ0n) is 10.5. The molecule has 19 heavy (non-hydrogen) atoms. The molecule has 1 aliphatic rings. The first-order valence-corrected chi connectivity index (χ1v) is 6.77. The highest BCUT2D eigenvalue weighted by molar-refractivity contribution is 6.34. The van der Waals surface area contributed by atoms with Gasteiger partial charge >= 0.3 is 0 Å². The van der Waals surface area contributed by atoms with Crippen LogP contribution in [-0.4, -0.2) is 43.7 Å². The maximum absolute atomic E-state index is 9.67. The molecule has 0 aliphatic heterocycles. The van der Waals surface area contributed by atoms with E-state index >= 15 is 0 Å². The van der Waals surface area contributed by atoms with E-state index in [2.05, 4.69) is 0 Å². The van der Waals surface area contributed by atoms with E-state index in [9.17, 15) is 5.11 Å². The highest BCUT2D eigenvalue weighted by Gasteiger charge is 2.42. The van der Waals surface area contributed by atoms with Gasteiger partial charge in [0.25, 0.3) is 0 Å². The monoisotopic (exact) mass is 306 g/mol. The fourth-order valence-corrected chi connectivity index (χ4v) is 2.44. The number of benzene rings is 1. The van der Waals surface area contributed by atoms with Crippen molar-refractivity contribution in [2.75, 3.05) is 20.3 Å². The first-order valence-electron chi connectivity index (χ1n) is 6.01. The van der Waals surface area contributed by atoms with Gasteiger partial charge in [0, 0.05) is 23.6 Å². The van der Waals surface area contributed by atoms with Crippen LogP contribution in [0, 0.1) is 0 Å². The van der Waals surface area contributed by atoms with Crippen molar-refractivity contribution < 1.29 is 19.3 Å². The molecule has 1 N–H and O–H groups in total. The summed E-state index contributed by atoms with van der Waals surface area (Å²) in [5.74, 6) is 0.578. The Kier molecular flexibility index (Phi) is 5.30. The third-order valence-electron chi connectivity index (χ3n) is 2.94. The minimum Gasteiger partial charge on any atom is -0.487 e. The van der Waals surface area contributed by atoms with Gasteiger partial charge in [0.1, 0.15) is 18.0 Å². The van der Waals surface area contributed by atoms with Crippen LogP contribution < -0.4 is 4.74 Å². The molecule has 0 spiro atoms. The molecule has 0 aromatic heterocycles. The van der Waals surface area contributed by atoms with Crippen LogP contribution in [0.25, 0.3) is 0 Å². The molecular weight excluding hydrogens is 291 g/mol. The molecule has 0 bridgehead atoms. The van der Waals surface area contributed by atoms with Crippen LogP contribution in [-0.2, 0) is 9.47 Å². The fourth-order valence-electron chi connectivity index (χ4n) is 1.93. The predicted molar refractivity (Wildman–Crippen MR) is 73.1 cm³/mol. The average molecular weight is 307 g/mol. The van der Waals surface area contributed by atoms with Gasteiger partial charge in [0.2, 0.25) is 0 Å². The zero-order valence-corrected chi connectivity index (χ0v) is 12.0. The summed E-state index contributed by atoms with van der Waals surface area (Å²) in [7, 11) is 1.60. The molecule has 1 aromatic rings. The van der Waals surface area contributed by atoms with Crippen molar-refractivity contribution >= 4 is 23.2 Å². The fraction of sp³-hybridized carbons (Fsp3) is 0.538. The maximum Gasteiger partial charge on any atom is 0.130 e. The average Bonchev–Trinajstić information content (AvgIpc) is 2.33. The summed E-state index contributed by atoms with van der Waals surface area (Å²) in [6, 6.07) is 5.01. The molecule has 0 saturated heterocycles. The molecule has 3 unspecified atom stereocenters. The van der Waals surface area contributed by atoms with Gasteiger partial charge in [-0.05, 0) is 18.2 Å². The molecule has 6 heteroatoms.